The average molecular weight is 311 g/mol. The zero-order chi connectivity index (χ0) is 16.0. The summed E-state index contributed by atoms with van der Waals surface area (Å²) in [5, 5.41) is 4.47. The molecule has 0 unspecified atom stereocenters. The second-order valence-electron chi connectivity index (χ2n) is 4.87. The van der Waals surface area contributed by atoms with Crippen LogP contribution in [0.25, 0.3) is 0 Å². The van der Waals surface area contributed by atoms with E-state index in [4.69, 9.17) is 16.3 Å². The van der Waals surface area contributed by atoms with E-state index in [1.165, 1.54) is 6.92 Å². The van der Waals surface area contributed by atoms with Gasteiger partial charge < -0.3 is 4.74 Å². The SMILES string of the molecule is CC(=O)C/C(C)=N\NC(=O)[C@H](C)Oc1ccc(Cl)cc1C. The smallest absolute Gasteiger partial charge is 0.280 e. The number of nitrogens with one attached hydrogen (secondary N) is 1. The van der Waals surface area contributed by atoms with Gasteiger partial charge in [-0.1, -0.05) is 11.6 Å². The van der Waals surface area contributed by atoms with Crippen molar-refractivity contribution in [3.63, 3.8) is 0 Å². The van der Waals surface area contributed by atoms with Crippen molar-refractivity contribution in [3.8, 4) is 5.75 Å². The molecule has 0 spiro atoms. The molecule has 1 N–H and O–H groups in total. The lowest BCUT2D eigenvalue weighted by Crippen LogP contribution is -2.34. The second kappa shape index (κ2) is 7.78. The van der Waals surface area contributed by atoms with Crippen molar-refractivity contribution in [1.29, 1.82) is 0 Å². The first-order valence-corrected chi connectivity index (χ1v) is 6.92. The van der Waals surface area contributed by atoms with Gasteiger partial charge in [-0.2, -0.15) is 5.10 Å². The number of nitrogens with zero attached hydrogens (tertiary/aromatic N) is 1. The van der Waals surface area contributed by atoms with Crippen molar-refractivity contribution in [1.82, 2.24) is 5.43 Å². The number of halogens is 1. The maximum atomic E-state index is 11.9. The minimum Gasteiger partial charge on any atom is -0.481 e. The first-order chi connectivity index (χ1) is 9.79. The molecule has 1 aromatic rings. The molecule has 1 aromatic carbocycles. The van der Waals surface area contributed by atoms with E-state index in [2.05, 4.69) is 10.5 Å². The molecule has 0 aliphatic carbocycles. The third-order valence-corrected chi connectivity index (χ3v) is 2.91. The number of carbonyl (C=O) groups excluding carboxylic acids is 2. The van der Waals surface area contributed by atoms with Crippen LogP contribution < -0.4 is 10.2 Å². The monoisotopic (exact) mass is 310 g/mol. The van der Waals surface area contributed by atoms with Gasteiger partial charge in [0.15, 0.2) is 6.10 Å². The molecule has 0 aliphatic rings. The van der Waals surface area contributed by atoms with Gasteiger partial charge in [0.25, 0.3) is 5.91 Å². The van der Waals surface area contributed by atoms with Crippen LogP contribution in [0, 0.1) is 6.92 Å². The van der Waals surface area contributed by atoms with Crippen LogP contribution in [0.4, 0.5) is 0 Å². The summed E-state index contributed by atoms with van der Waals surface area (Å²) in [6.07, 6.45) is -0.495. The maximum Gasteiger partial charge on any atom is 0.280 e. The van der Waals surface area contributed by atoms with E-state index in [9.17, 15) is 9.59 Å². The van der Waals surface area contributed by atoms with Crippen LogP contribution >= 0.6 is 11.6 Å². The Morgan fingerprint density at radius 2 is 2.05 bits per heavy atom. The molecular formula is C15H19ClN2O3. The van der Waals surface area contributed by atoms with Gasteiger partial charge in [-0.3, -0.25) is 9.59 Å². The molecule has 0 aromatic heterocycles. The molecule has 1 amide bonds. The van der Waals surface area contributed by atoms with Crippen molar-refractivity contribution < 1.29 is 14.3 Å². The Hall–Kier alpha value is -1.88. The molecule has 0 heterocycles. The lowest BCUT2D eigenvalue weighted by molar-refractivity contribution is -0.127. The van der Waals surface area contributed by atoms with E-state index in [1.54, 1.807) is 32.0 Å². The van der Waals surface area contributed by atoms with Crippen LogP contribution in [0.3, 0.4) is 0 Å². The number of ether oxygens (including phenoxy) is 1. The molecule has 0 aliphatic heterocycles. The molecule has 0 saturated heterocycles. The Labute approximate surface area is 129 Å². The van der Waals surface area contributed by atoms with E-state index in [-0.39, 0.29) is 18.1 Å². The van der Waals surface area contributed by atoms with Crippen LogP contribution in [0.2, 0.25) is 5.02 Å². The minimum atomic E-state index is -0.709. The van der Waals surface area contributed by atoms with Crippen LogP contribution in [0.15, 0.2) is 23.3 Å². The number of amides is 1. The lowest BCUT2D eigenvalue weighted by atomic mass is 10.2. The van der Waals surface area contributed by atoms with E-state index in [0.717, 1.165) is 5.56 Å². The highest BCUT2D eigenvalue weighted by Crippen LogP contribution is 2.22. The van der Waals surface area contributed by atoms with Gasteiger partial charge in [0.1, 0.15) is 11.5 Å². The topological polar surface area (TPSA) is 67.8 Å². The van der Waals surface area contributed by atoms with Crippen LogP contribution in [0.1, 0.15) is 32.8 Å². The molecule has 6 heteroatoms. The fourth-order valence-corrected chi connectivity index (χ4v) is 1.86. The second-order valence-corrected chi connectivity index (χ2v) is 5.31. The summed E-state index contributed by atoms with van der Waals surface area (Å²) in [5.74, 6) is 0.199. The summed E-state index contributed by atoms with van der Waals surface area (Å²) in [5.41, 5.74) is 3.78. The standard InChI is InChI=1S/C15H19ClN2O3/c1-9-7-13(16)5-6-14(9)21-12(4)15(20)18-17-10(2)8-11(3)19/h5-7,12H,8H2,1-4H3,(H,18,20)/b17-10-/t12-/m0/s1. The third-order valence-electron chi connectivity index (χ3n) is 2.67. The van der Waals surface area contributed by atoms with Gasteiger partial charge in [-0.05, 0) is 51.5 Å². The molecule has 1 atom stereocenters. The van der Waals surface area contributed by atoms with Crippen LogP contribution in [0.5, 0.6) is 5.75 Å². The van der Waals surface area contributed by atoms with Gasteiger partial charge in [-0.15, -0.1) is 0 Å². The summed E-state index contributed by atoms with van der Waals surface area (Å²) < 4.78 is 5.57. The number of hydrogen-bond acceptors (Lipinski definition) is 4. The first kappa shape index (κ1) is 17.2. The highest BCUT2D eigenvalue weighted by molar-refractivity contribution is 6.30. The Morgan fingerprint density at radius 3 is 2.62 bits per heavy atom. The van der Waals surface area contributed by atoms with Crippen LogP contribution in [-0.2, 0) is 9.59 Å². The van der Waals surface area contributed by atoms with Gasteiger partial charge >= 0.3 is 0 Å². The molecule has 5 nitrogen and oxygen atoms in total. The van der Waals surface area contributed by atoms with Gasteiger partial charge in [0, 0.05) is 17.2 Å². The summed E-state index contributed by atoms with van der Waals surface area (Å²) >= 11 is 5.86. The van der Waals surface area contributed by atoms with E-state index in [1.807, 2.05) is 6.92 Å². The Kier molecular flexibility index (Phi) is 6.37. The molecule has 0 fully saturated rings. The van der Waals surface area contributed by atoms with Crippen molar-refractivity contribution in [3.05, 3.63) is 28.8 Å². The predicted octanol–water partition coefficient (Wildman–Crippen LogP) is 2.89. The zero-order valence-electron chi connectivity index (χ0n) is 12.6. The highest BCUT2D eigenvalue weighted by Gasteiger charge is 2.15. The normalized spacial score (nSPS) is 12.7. The van der Waals surface area contributed by atoms with Gasteiger partial charge in [0.2, 0.25) is 0 Å². The first-order valence-electron chi connectivity index (χ1n) is 6.55. The van der Waals surface area contributed by atoms with Crippen molar-refractivity contribution in [2.75, 3.05) is 0 Å². The Bertz CT molecular complexity index is 570. The summed E-state index contributed by atoms with van der Waals surface area (Å²) in [6, 6.07) is 5.17. The number of carbonyl (C=O) groups is 2. The maximum absolute atomic E-state index is 11.9. The molecule has 0 saturated carbocycles. The van der Waals surface area contributed by atoms with Crippen molar-refractivity contribution in [2.45, 2.75) is 40.2 Å². The fraction of sp³-hybridized carbons (Fsp3) is 0.400. The quantitative estimate of drug-likeness (QED) is 0.649. The number of ketones is 1. The average Bonchev–Trinajstić information content (AvgIpc) is 2.38. The Morgan fingerprint density at radius 1 is 1.38 bits per heavy atom. The molecule has 21 heavy (non-hydrogen) atoms. The minimum absolute atomic E-state index is 0.00779. The predicted molar refractivity (Wildman–Crippen MR) is 82.8 cm³/mol. The summed E-state index contributed by atoms with van der Waals surface area (Å²) in [7, 11) is 0. The molecule has 1 rings (SSSR count). The highest BCUT2D eigenvalue weighted by atomic mass is 35.5. The lowest BCUT2D eigenvalue weighted by Gasteiger charge is -2.15. The van der Waals surface area contributed by atoms with Crippen molar-refractivity contribution in [2.24, 2.45) is 5.10 Å². The van der Waals surface area contributed by atoms with Crippen molar-refractivity contribution >= 4 is 29.0 Å². The summed E-state index contributed by atoms with van der Waals surface area (Å²) in [6.45, 7) is 6.62. The number of aryl methyl sites for hydroxylation is 1. The fourth-order valence-electron chi connectivity index (χ4n) is 1.63. The van der Waals surface area contributed by atoms with E-state index in [0.29, 0.717) is 16.5 Å². The number of Topliss-reactive ketones (excluding diaryl/α,β-unsaturated/α-hetero) is 1. The molecule has 0 radical (unpaired) electrons. The largest absolute Gasteiger partial charge is 0.481 e. The number of rotatable bonds is 6. The summed E-state index contributed by atoms with van der Waals surface area (Å²) in [4.78, 5) is 22.8. The third kappa shape index (κ3) is 5.95. The van der Waals surface area contributed by atoms with E-state index >= 15 is 0 Å². The molecule has 114 valence electrons. The number of hydrazone groups is 1. The number of hydrogen-bond donors (Lipinski definition) is 1. The molecule has 0 bridgehead atoms. The zero-order valence-corrected chi connectivity index (χ0v) is 13.3. The Balaban J connectivity index is 2.60. The number of benzene rings is 1. The van der Waals surface area contributed by atoms with Gasteiger partial charge in [0.05, 0.1) is 0 Å². The van der Waals surface area contributed by atoms with E-state index < -0.39 is 6.10 Å². The van der Waals surface area contributed by atoms with Crippen LogP contribution in [-0.4, -0.2) is 23.5 Å². The van der Waals surface area contributed by atoms with Gasteiger partial charge in [-0.25, -0.2) is 5.43 Å². The molecular weight excluding hydrogens is 292 g/mol.